The highest BCUT2D eigenvalue weighted by Gasteiger charge is 2.39. The second-order valence-electron chi connectivity index (χ2n) is 3.15. The SMILES string of the molecule is CC(N)(C(=O)O)C1CCOC1.Cl. The molecule has 0 aromatic heterocycles. The molecule has 0 aromatic carbocycles. The van der Waals surface area contributed by atoms with Gasteiger partial charge in [0.1, 0.15) is 5.54 Å². The van der Waals surface area contributed by atoms with Crippen molar-refractivity contribution in [3.05, 3.63) is 0 Å². The van der Waals surface area contributed by atoms with Crippen molar-refractivity contribution in [3.8, 4) is 0 Å². The topological polar surface area (TPSA) is 72.6 Å². The first kappa shape index (κ1) is 11.7. The fourth-order valence-electron chi connectivity index (χ4n) is 1.18. The monoisotopic (exact) mass is 195 g/mol. The van der Waals surface area contributed by atoms with Crippen molar-refractivity contribution in [2.24, 2.45) is 11.7 Å². The zero-order chi connectivity index (χ0) is 8.48. The molecule has 0 bridgehead atoms. The van der Waals surface area contributed by atoms with E-state index in [0.717, 1.165) is 6.42 Å². The van der Waals surface area contributed by atoms with Crippen LogP contribution in [0.15, 0.2) is 0 Å². The molecule has 2 atom stereocenters. The van der Waals surface area contributed by atoms with E-state index < -0.39 is 11.5 Å². The number of rotatable bonds is 2. The first-order chi connectivity index (χ1) is 5.05. The molecule has 1 heterocycles. The minimum Gasteiger partial charge on any atom is -0.480 e. The van der Waals surface area contributed by atoms with Crippen molar-refractivity contribution >= 4 is 18.4 Å². The third-order valence-electron chi connectivity index (χ3n) is 2.24. The molecule has 12 heavy (non-hydrogen) atoms. The standard InChI is InChI=1S/C7H13NO3.ClH/c1-7(8,6(9)10)5-2-3-11-4-5;/h5H,2-4,8H2,1H3,(H,9,10);1H. The minimum atomic E-state index is -1.13. The summed E-state index contributed by atoms with van der Waals surface area (Å²) >= 11 is 0. The first-order valence-electron chi connectivity index (χ1n) is 3.65. The summed E-state index contributed by atoms with van der Waals surface area (Å²) < 4.78 is 5.05. The number of carboxylic acids is 1. The van der Waals surface area contributed by atoms with Gasteiger partial charge in [-0.1, -0.05) is 0 Å². The molecule has 1 aliphatic rings. The van der Waals surface area contributed by atoms with Crippen LogP contribution in [0.4, 0.5) is 0 Å². The van der Waals surface area contributed by atoms with Crippen molar-refractivity contribution in [1.29, 1.82) is 0 Å². The van der Waals surface area contributed by atoms with Crippen molar-refractivity contribution in [3.63, 3.8) is 0 Å². The Balaban J connectivity index is 0.00000121. The van der Waals surface area contributed by atoms with Gasteiger partial charge in [-0.3, -0.25) is 4.79 Å². The fraction of sp³-hybridized carbons (Fsp3) is 0.857. The average Bonchev–Trinajstić information content (AvgIpc) is 2.37. The summed E-state index contributed by atoms with van der Waals surface area (Å²) in [6.45, 7) is 2.64. The van der Waals surface area contributed by atoms with Gasteiger partial charge in [0.25, 0.3) is 0 Å². The maximum absolute atomic E-state index is 10.6. The molecule has 4 nitrogen and oxygen atoms in total. The zero-order valence-corrected chi connectivity index (χ0v) is 7.76. The van der Waals surface area contributed by atoms with Gasteiger partial charge in [-0.2, -0.15) is 0 Å². The van der Waals surface area contributed by atoms with Gasteiger partial charge in [-0.25, -0.2) is 0 Å². The zero-order valence-electron chi connectivity index (χ0n) is 6.95. The maximum Gasteiger partial charge on any atom is 0.323 e. The number of hydrogen-bond acceptors (Lipinski definition) is 3. The van der Waals surface area contributed by atoms with Crippen molar-refractivity contribution in [2.75, 3.05) is 13.2 Å². The van der Waals surface area contributed by atoms with E-state index in [2.05, 4.69) is 0 Å². The lowest BCUT2D eigenvalue weighted by Gasteiger charge is -2.24. The molecular weight excluding hydrogens is 182 g/mol. The van der Waals surface area contributed by atoms with Gasteiger partial charge >= 0.3 is 5.97 Å². The highest BCUT2D eigenvalue weighted by molar-refractivity contribution is 5.85. The lowest BCUT2D eigenvalue weighted by molar-refractivity contribution is -0.144. The highest BCUT2D eigenvalue weighted by atomic mass is 35.5. The van der Waals surface area contributed by atoms with E-state index in [1.165, 1.54) is 6.92 Å². The number of ether oxygens (including phenoxy) is 1. The number of carbonyl (C=O) groups is 1. The van der Waals surface area contributed by atoms with Crippen LogP contribution >= 0.6 is 12.4 Å². The maximum atomic E-state index is 10.6. The van der Waals surface area contributed by atoms with Crippen LogP contribution in [0, 0.1) is 5.92 Å². The van der Waals surface area contributed by atoms with E-state index in [9.17, 15) is 4.79 Å². The summed E-state index contributed by atoms with van der Waals surface area (Å²) in [5.74, 6) is -0.993. The van der Waals surface area contributed by atoms with Crippen LogP contribution in [0.2, 0.25) is 0 Å². The molecule has 0 aliphatic carbocycles. The molecule has 0 amide bonds. The van der Waals surface area contributed by atoms with E-state index >= 15 is 0 Å². The van der Waals surface area contributed by atoms with Gasteiger partial charge in [0.2, 0.25) is 0 Å². The van der Waals surface area contributed by atoms with Crippen LogP contribution in [0.5, 0.6) is 0 Å². The number of nitrogens with two attached hydrogens (primary N) is 1. The molecular formula is C7H14ClNO3. The minimum absolute atomic E-state index is 0. The van der Waals surface area contributed by atoms with Crippen molar-refractivity contribution < 1.29 is 14.6 Å². The Hall–Kier alpha value is -0.320. The molecule has 1 aliphatic heterocycles. The Morgan fingerprint density at radius 2 is 2.33 bits per heavy atom. The second-order valence-corrected chi connectivity index (χ2v) is 3.15. The third kappa shape index (κ3) is 2.09. The average molecular weight is 196 g/mol. The molecule has 1 fully saturated rings. The number of hydrogen-bond donors (Lipinski definition) is 2. The molecule has 5 heteroatoms. The molecule has 0 radical (unpaired) electrons. The smallest absolute Gasteiger partial charge is 0.323 e. The number of aliphatic carboxylic acids is 1. The van der Waals surface area contributed by atoms with Crippen LogP contribution < -0.4 is 5.73 Å². The molecule has 1 rings (SSSR count). The molecule has 0 spiro atoms. The van der Waals surface area contributed by atoms with E-state index in [4.69, 9.17) is 15.6 Å². The molecule has 1 saturated heterocycles. The third-order valence-corrected chi connectivity index (χ3v) is 2.24. The van der Waals surface area contributed by atoms with Gasteiger partial charge in [-0.05, 0) is 13.3 Å². The summed E-state index contributed by atoms with van der Waals surface area (Å²) in [5.41, 5.74) is 4.46. The summed E-state index contributed by atoms with van der Waals surface area (Å²) in [4.78, 5) is 10.6. The Morgan fingerprint density at radius 1 is 1.75 bits per heavy atom. The van der Waals surface area contributed by atoms with Crippen molar-refractivity contribution in [2.45, 2.75) is 18.9 Å². The Bertz CT molecular complexity index is 166. The predicted molar refractivity (Wildman–Crippen MR) is 46.4 cm³/mol. The normalized spacial score (nSPS) is 27.3. The van der Waals surface area contributed by atoms with E-state index in [-0.39, 0.29) is 18.3 Å². The lowest BCUT2D eigenvalue weighted by Crippen LogP contribution is -2.51. The number of halogens is 1. The van der Waals surface area contributed by atoms with Crippen LogP contribution in [-0.4, -0.2) is 29.8 Å². The van der Waals surface area contributed by atoms with Gasteiger partial charge in [0.05, 0.1) is 6.61 Å². The predicted octanol–water partition coefficient (Wildman–Crippen LogP) is 0.247. The molecule has 3 N–H and O–H groups in total. The van der Waals surface area contributed by atoms with E-state index in [1.807, 2.05) is 0 Å². The van der Waals surface area contributed by atoms with Crippen LogP contribution in [0.25, 0.3) is 0 Å². The Kier molecular flexibility index (Phi) is 3.96. The van der Waals surface area contributed by atoms with E-state index in [0.29, 0.717) is 13.2 Å². The molecule has 0 aromatic rings. The first-order valence-corrected chi connectivity index (χ1v) is 3.65. The van der Waals surface area contributed by atoms with E-state index in [1.54, 1.807) is 0 Å². The summed E-state index contributed by atoms with van der Waals surface area (Å²) in [7, 11) is 0. The second kappa shape index (κ2) is 4.07. The highest BCUT2D eigenvalue weighted by Crippen LogP contribution is 2.23. The molecule has 0 saturated carbocycles. The van der Waals surface area contributed by atoms with Gasteiger partial charge < -0.3 is 15.6 Å². The van der Waals surface area contributed by atoms with Crippen LogP contribution in [-0.2, 0) is 9.53 Å². The van der Waals surface area contributed by atoms with Gasteiger partial charge in [0, 0.05) is 12.5 Å². The molecule has 72 valence electrons. The quantitative estimate of drug-likeness (QED) is 0.663. The fourth-order valence-corrected chi connectivity index (χ4v) is 1.18. The van der Waals surface area contributed by atoms with Gasteiger partial charge in [0.15, 0.2) is 0 Å². The summed E-state index contributed by atoms with van der Waals surface area (Å²) in [6.07, 6.45) is 0.749. The number of carboxylic acid groups (broad SMARTS) is 1. The Labute approximate surface area is 77.5 Å². The van der Waals surface area contributed by atoms with Crippen LogP contribution in [0.3, 0.4) is 0 Å². The molecule has 2 unspecified atom stereocenters. The Morgan fingerprint density at radius 3 is 2.67 bits per heavy atom. The van der Waals surface area contributed by atoms with Gasteiger partial charge in [-0.15, -0.1) is 12.4 Å². The largest absolute Gasteiger partial charge is 0.480 e. The summed E-state index contributed by atoms with van der Waals surface area (Å²) in [6, 6.07) is 0. The lowest BCUT2D eigenvalue weighted by atomic mass is 9.86. The summed E-state index contributed by atoms with van der Waals surface area (Å²) in [5, 5.41) is 8.72. The van der Waals surface area contributed by atoms with Crippen molar-refractivity contribution in [1.82, 2.24) is 0 Å². The van der Waals surface area contributed by atoms with Crippen LogP contribution in [0.1, 0.15) is 13.3 Å².